The Hall–Kier alpha value is 0.0300. The summed E-state index contributed by atoms with van der Waals surface area (Å²) in [6.45, 7) is 11.7. The Labute approximate surface area is 115 Å². The molecule has 0 rings (SSSR count). The van der Waals surface area contributed by atoms with Gasteiger partial charge in [-0.3, -0.25) is 0 Å². The Morgan fingerprint density at radius 3 is 2.56 bits per heavy atom. The van der Waals surface area contributed by atoms with Crippen LogP contribution in [-0.2, 0) is 15.9 Å². The predicted molar refractivity (Wildman–Crippen MR) is 78.6 cm³/mol. The quantitative estimate of drug-likeness (QED) is 0.589. The maximum atomic E-state index is 11.5. The summed E-state index contributed by atoms with van der Waals surface area (Å²) in [5.41, 5.74) is 0.271. The summed E-state index contributed by atoms with van der Waals surface area (Å²) in [5.74, 6) is 0. The lowest BCUT2D eigenvalue weighted by Gasteiger charge is -2.23. The Balaban J connectivity index is 3.49. The molecule has 110 valence electrons. The van der Waals surface area contributed by atoms with Crippen molar-refractivity contribution in [1.82, 2.24) is 9.03 Å². The van der Waals surface area contributed by atoms with Gasteiger partial charge in [-0.1, -0.05) is 34.1 Å². The molecule has 0 aliphatic carbocycles. The van der Waals surface area contributed by atoms with E-state index in [1.807, 2.05) is 14.0 Å². The Bertz CT molecular complexity index is 235. The van der Waals surface area contributed by atoms with Crippen LogP contribution >= 0.6 is 0 Å². The van der Waals surface area contributed by atoms with Gasteiger partial charge in [0.2, 0.25) is 0 Å². The van der Waals surface area contributed by atoms with Crippen molar-refractivity contribution in [2.75, 3.05) is 33.4 Å². The van der Waals surface area contributed by atoms with Crippen LogP contribution in [0, 0.1) is 5.41 Å². The minimum atomic E-state index is -1.06. The minimum Gasteiger partial charge on any atom is -0.381 e. The maximum absolute atomic E-state index is 11.5. The summed E-state index contributed by atoms with van der Waals surface area (Å²) in [6, 6.07) is 0. The van der Waals surface area contributed by atoms with Crippen molar-refractivity contribution in [3.63, 3.8) is 0 Å². The van der Waals surface area contributed by atoms with Crippen LogP contribution in [0.5, 0.6) is 0 Å². The van der Waals surface area contributed by atoms with Gasteiger partial charge in [-0.25, -0.2) is 13.2 Å². The first-order chi connectivity index (χ1) is 8.43. The summed E-state index contributed by atoms with van der Waals surface area (Å²) in [5, 5.41) is 0. The average molecular weight is 278 g/mol. The molecule has 0 aromatic heterocycles. The second-order valence-electron chi connectivity index (χ2n) is 5.41. The van der Waals surface area contributed by atoms with Gasteiger partial charge in [0.25, 0.3) is 0 Å². The van der Waals surface area contributed by atoms with Crippen LogP contribution in [0.2, 0.25) is 0 Å². The first-order valence-electron chi connectivity index (χ1n) is 6.87. The third-order valence-electron chi connectivity index (χ3n) is 2.84. The molecule has 0 aliphatic heterocycles. The van der Waals surface area contributed by atoms with Gasteiger partial charge in [0.15, 0.2) is 11.2 Å². The highest BCUT2D eigenvalue weighted by molar-refractivity contribution is 7.80. The molecule has 1 atom stereocenters. The van der Waals surface area contributed by atoms with Crippen LogP contribution in [0.25, 0.3) is 0 Å². The van der Waals surface area contributed by atoms with Crippen LogP contribution in [0.1, 0.15) is 47.0 Å². The Morgan fingerprint density at radius 1 is 1.33 bits per heavy atom. The molecule has 0 aliphatic rings. The van der Waals surface area contributed by atoms with Crippen LogP contribution < -0.4 is 4.72 Å². The van der Waals surface area contributed by atoms with E-state index in [0.29, 0.717) is 0 Å². The van der Waals surface area contributed by atoms with E-state index < -0.39 is 11.2 Å². The average Bonchev–Trinajstić information content (AvgIpc) is 2.32. The number of rotatable bonds is 11. The lowest BCUT2D eigenvalue weighted by Crippen LogP contribution is -2.33. The van der Waals surface area contributed by atoms with E-state index in [0.717, 1.165) is 32.7 Å². The van der Waals surface area contributed by atoms with E-state index in [1.54, 1.807) is 4.31 Å². The van der Waals surface area contributed by atoms with Gasteiger partial charge in [0.1, 0.15) is 0 Å². The van der Waals surface area contributed by atoms with Crippen molar-refractivity contribution in [3.8, 4) is 0 Å². The summed E-state index contributed by atoms with van der Waals surface area (Å²) in [6.07, 6.45) is 3.28. The standard InChI is InChI=1S/C13H30N2O2S/c1-6-9-13(3,4)12-17-11-8-10-14-18(16)15(5)7-2/h14H,6-12H2,1-5H3. The number of ether oxygens (including phenoxy) is 1. The summed E-state index contributed by atoms with van der Waals surface area (Å²) in [7, 11) is 1.84. The van der Waals surface area contributed by atoms with E-state index >= 15 is 0 Å². The maximum Gasteiger partial charge on any atom is 0.169 e. The van der Waals surface area contributed by atoms with Crippen LogP contribution in [0.3, 0.4) is 0 Å². The van der Waals surface area contributed by atoms with Gasteiger partial charge in [0, 0.05) is 26.7 Å². The zero-order valence-electron chi connectivity index (χ0n) is 12.6. The van der Waals surface area contributed by atoms with Gasteiger partial charge in [-0.05, 0) is 18.3 Å². The molecular formula is C13H30N2O2S. The van der Waals surface area contributed by atoms with Gasteiger partial charge in [-0.15, -0.1) is 0 Å². The molecule has 18 heavy (non-hydrogen) atoms. The van der Waals surface area contributed by atoms with E-state index in [9.17, 15) is 4.21 Å². The molecule has 0 radical (unpaired) electrons. The summed E-state index contributed by atoms with van der Waals surface area (Å²) >= 11 is -1.06. The number of hydrogen-bond acceptors (Lipinski definition) is 2. The second kappa shape index (κ2) is 9.89. The lowest BCUT2D eigenvalue weighted by atomic mass is 9.89. The SMILES string of the molecule is CCCC(C)(C)COCCCNS(=O)N(C)CC. The van der Waals surface area contributed by atoms with E-state index in [-0.39, 0.29) is 5.41 Å². The van der Waals surface area contributed by atoms with Crippen molar-refractivity contribution in [3.05, 3.63) is 0 Å². The van der Waals surface area contributed by atoms with Gasteiger partial charge in [0.05, 0.1) is 6.61 Å². The normalized spacial score (nSPS) is 14.1. The monoisotopic (exact) mass is 278 g/mol. The first kappa shape index (κ1) is 18.0. The molecule has 0 amide bonds. The molecule has 4 nitrogen and oxygen atoms in total. The molecule has 0 aromatic rings. The van der Waals surface area contributed by atoms with Crippen LogP contribution in [0.15, 0.2) is 0 Å². The molecule has 0 saturated heterocycles. The molecule has 0 aromatic carbocycles. The third-order valence-corrected chi connectivity index (χ3v) is 4.11. The highest BCUT2D eigenvalue weighted by Gasteiger charge is 2.16. The molecular weight excluding hydrogens is 248 g/mol. The van der Waals surface area contributed by atoms with Crippen molar-refractivity contribution < 1.29 is 8.95 Å². The molecule has 5 heteroatoms. The van der Waals surface area contributed by atoms with Crippen LogP contribution in [0.4, 0.5) is 0 Å². The highest BCUT2D eigenvalue weighted by atomic mass is 32.2. The van der Waals surface area contributed by atoms with Gasteiger partial charge < -0.3 is 4.74 Å². The molecule has 1 N–H and O–H groups in total. The van der Waals surface area contributed by atoms with E-state index in [1.165, 1.54) is 12.8 Å². The Morgan fingerprint density at radius 2 is 2.00 bits per heavy atom. The highest BCUT2D eigenvalue weighted by Crippen LogP contribution is 2.22. The van der Waals surface area contributed by atoms with Gasteiger partial charge >= 0.3 is 0 Å². The largest absolute Gasteiger partial charge is 0.381 e. The van der Waals surface area contributed by atoms with Crippen molar-refractivity contribution in [2.45, 2.75) is 47.0 Å². The van der Waals surface area contributed by atoms with Crippen molar-refractivity contribution in [1.29, 1.82) is 0 Å². The summed E-state index contributed by atoms with van der Waals surface area (Å²) < 4.78 is 21.9. The van der Waals surface area contributed by atoms with E-state index in [2.05, 4.69) is 25.5 Å². The molecule has 0 spiro atoms. The van der Waals surface area contributed by atoms with Gasteiger partial charge in [-0.2, -0.15) is 0 Å². The van der Waals surface area contributed by atoms with E-state index in [4.69, 9.17) is 4.74 Å². The van der Waals surface area contributed by atoms with Crippen molar-refractivity contribution >= 4 is 11.2 Å². The second-order valence-corrected chi connectivity index (χ2v) is 6.82. The predicted octanol–water partition coefficient (Wildman–Crippen LogP) is 2.34. The fourth-order valence-corrected chi connectivity index (χ4v) is 2.43. The minimum absolute atomic E-state index is 0.271. The lowest BCUT2D eigenvalue weighted by molar-refractivity contribution is 0.0566. The summed E-state index contributed by atoms with van der Waals surface area (Å²) in [4.78, 5) is 0. The molecule has 1 unspecified atom stereocenters. The number of nitrogens with zero attached hydrogens (tertiary/aromatic N) is 1. The fourth-order valence-electron chi connectivity index (χ4n) is 1.66. The topological polar surface area (TPSA) is 41.6 Å². The first-order valence-corrected chi connectivity index (χ1v) is 7.98. The number of hydrogen-bond donors (Lipinski definition) is 1. The Kier molecular flexibility index (Phi) is 9.91. The smallest absolute Gasteiger partial charge is 0.169 e. The van der Waals surface area contributed by atoms with Crippen LogP contribution in [-0.4, -0.2) is 41.9 Å². The molecule has 0 heterocycles. The molecule has 0 bridgehead atoms. The number of nitrogens with one attached hydrogen (secondary N) is 1. The third kappa shape index (κ3) is 9.03. The zero-order valence-corrected chi connectivity index (χ0v) is 13.4. The fraction of sp³-hybridized carbons (Fsp3) is 1.00. The zero-order chi connectivity index (χ0) is 14.0. The molecule has 0 fully saturated rings. The molecule has 0 saturated carbocycles. The van der Waals surface area contributed by atoms with Crippen molar-refractivity contribution in [2.24, 2.45) is 5.41 Å².